The number of carbonyl (C=O) groups excluding carboxylic acids is 3. The normalized spacial score (nSPS) is 20.4. The van der Waals surface area contributed by atoms with Crippen LogP contribution < -0.4 is 16.5 Å². The summed E-state index contributed by atoms with van der Waals surface area (Å²) in [5.41, 5.74) is 0. The maximum atomic E-state index is 12.6. The standard InChI is InChI=1S/C17H29N5O5/c1-5-7-13(23)20-14(10(2)3)15(24)19-11(4)16(25)21-9-6-8-12(17(26)27)22(21)18/h5,7,10-12,14H,6,8-9,18H2,1-4H3,(H,19,24)(H,20,23)(H,26,27)/b7-5+/t11-,12-,14-/m0/s1. The molecule has 0 aliphatic carbocycles. The number of carboxylic acid groups (broad SMARTS) is 1. The van der Waals surface area contributed by atoms with Gasteiger partial charge in [-0.1, -0.05) is 19.9 Å². The van der Waals surface area contributed by atoms with Crippen LogP contribution in [0.25, 0.3) is 0 Å². The first-order chi connectivity index (χ1) is 12.6. The molecule has 27 heavy (non-hydrogen) atoms. The van der Waals surface area contributed by atoms with Gasteiger partial charge in [0.2, 0.25) is 11.8 Å². The summed E-state index contributed by atoms with van der Waals surface area (Å²) in [6.07, 6.45) is 3.69. The number of hydrogen-bond donors (Lipinski definition) is 4. The van der Waals surface area contributed by atoms with Crippen LogP contribution in [0.3, 0.4) is 0 Å². The Kier molecular flexibility index (Phi) is 8.38. The summed E-state index contributed by atoms with van der Waals surface area (Å²) in [4.78, 5) is 48.1. The lowest BCUT2D eigenvalue weighted by molar-refractivity contribution is -0.174. The number of amides is 3. The number of rotatable bonds is 7. The van der Waals surface area contributed by atoms with Crippen LogP contribution in [0.4, 0.5) is 0 Å². The molecule has 0 aromatic heterocycles. The quantitative estimate of drug-likeness (QED) is 0.338. The first-order valence-electron chi connectivity index (χ1n) is 8.91. The molecular formula is C17H29N5O5. The van der Waals surface area contributed by atoms with Gasteiger partial charge in [-0.25, -0.2) is 5.84 Å². The molecule has 0 unspecified atom stereocenters. The Bertz CT molecular complexity index is 607. The fourth-order valence-corrected chi connectivity index (χ4v) is 2.79. The van der Waals surface area contributed by atoms with Crippen molar-refractivity contribution in [2.45, 2.75) is 58.7 Å². The SMILES string of the molecule is C/C=C/C(=O)N[C@H](C(=O)N[C@@H](C)C(=O)N1CCC[C@@H](C(=O)O)N1N)C(C)C. The van der Waals surface area contributed by atoms with Gasteiger partial charge in [0.1, 0.15) is 18.1 Å². The number of nitrogens with zero attached hydrogens (tertiary/aromatic N) is 2. The van der Waals surface area contributed by atoms with Crippen molar-refractivity contribution in [3.8, 4) is 0 Å². The van der Waals surface area contributed by atoms with E-state index in [2.05, 4.69) is 10.6 Å². The molecule has 0 saturated carbocycles. The van der Waals surface area contributed by atoms with Crippen LogP contribution in [0.15, 0.2) is 12.2 Å². The van der Waals surface area contributed by atoms with Crippen molar-refractivity contribution in [3.05, 3.63) is 12.2 Å². The highest BCUT2D eigenvalue weighted by Crippen LogP contribution is 2.16. The van der Waals surface area contributed by atoms with Crippen molar-refractivity contribution in [1.29, 1.82) is 0 Å². The van der Waals surface area contributed by atoms with Crippen LogP contribution >= 0.6 is 0 Å². The maximum absolute atomic E-state index is 12.6. The van der Waals surface area contributed by atoms with Crippen molar-refractivity contribution in [2.24, 2.45) is 11.8 Å². The van der Waals surface area contributed by atoms with Crippen LogP contribution in [0, 0.1) is 5.92 Å². The molecule has 1 saturated heterocycles. The zero-order chi connectivity index (χ0) is 20.7. The monoisotopic (exact) mass is 383 g/mol. The molecule has 0 aromatic carbocycles. The molecule has 10 heteroatoms. The number of hydrazine groups is 2. The van der Waals surface area contributed by atoms with Gasteiger partial charge in [0.25, 0.3) is 5.91 Å². The Morgan fingerprint density at radius 2 is 1.81 bits per heavy atom. The van der Waals surface area contributed by atoms with Crippen molar-refractivity contribution in [2.75, 3.05) is 6.54 Å². The number of allylic oxidation sites excluding steroid dienone is 1. The van der Waals surface area contributed by atoms with Gasteiger partial charge in [-0.15, -0.1) is 5.12 Å². The molecule has 0 spiro atoms. The lowest BCUT2D eigenvalue weighted by Crippen LogP contribution is -2.64. The van der Waals surface area contributed by atoms with Crippen LogP contribution in [0.1, 0.15) is 40.5 Å². The first kappa shape index (κ1) is 22.6. The second kappa shape index (κ2) is 10.0. The third kappa shape index (κ3) is 6.04. The van der Waals surface area contributed by atoms with Crippen LogP contribution in [-0.2, 0) is 19.2 Å². The Morgan fingerprint density at radius 1 is 1.19 bits per heavy atom. The Morgan fingerprint density at radius 3 is 2.33 bits per heavy atom. The fraction of sp³-hybridized carbons (Fsp3) is 0.647. The van der Waals surface area contributed by atoms with Gasteiger partial charge in [-0.05, 0) is 38.7 Å². The van der Waals surface area contributed by atoms with Gasteiger partial charge in [0, 0.05) is 6.54 Å². The fourth-order valence-electron chi connectivity index (χ4n) is 2.79. The van der Waals surface area contributed by atoms with E-state index < -0.39 is 41.8 Å². The minimum atomic E-state index is -1.11. The average molecular weight is 383 g/mol. The zero-order valence-corrected chi connectivity index (χ0v) is 16.1. The number of nitrogens with two attached hydrogens (primary N) is 1. The van der Waals surface area contributed by atoms with Crippen molar-refractivity contribution in [1.82, 2.24) is 20.8 Å². The van der Waals surface area contributed by atoms with Gasteiger partial charge in [-0.3, -0.25) is 24.2 Å². The molecule has 0 bridgehead atoms. The Labute approximate surface area is 158 Å². The zero-order valence-electron chi connectivity index (χ0n) is 16.1. The molecular weight excluding hydrogens is 354 g/mol. The van der Waals surface area contributed by atoms with E-state index in [1.54, 1.807) is 26.8 Å². The molecule has 1 aliphatic rings. The number of aliphatic carboxylic acids is 1. The second-order valence-corrected chi connectivity index (χ2v) is 6.80. The molecule has 10 nitrogen and oxygen atoms in total. The molecule has 3 atom stereocenters. The third-order valence-corrected chi connectivity index (χ3v) is 4.28. The van der Waals surface area contributed by atoms with Gasteiger partial charge < -0.3 is 15.7 Å². The predicted octanol–water partition coefficient (Wildman–Crippen LogP) is -0.626. The van der Waals surface area contributed by atoms with E-state index in [0.29, 0.717) is 12.8 Å². The summed E-state index contributed by atoms with van der Waals surface area (Å²) in [6.45, 7) is 6.99. The van der Waals surface area contributed by atoms with Crippen molar-refractivity contribution >= 4 is 23.7 Å². The van der Waals surface area contributed by atoms with E-state index in [-0.39, 0.29) is 12.5 Å². The highest BCUT2D eigenvalue weighted by molar-refractivity contribution is 5.94. The summed E-state index contributed by atoms with van der Waals surface area (Å²) in [7, 11) is 0. The van der Waals surface area contributed by atoms with E-state index in [4.69, 9.17) is 5.84 Å². The van der Waals surface area contributed by atoms with Crippen LogP contribution in [0.5, 0.6) is 0 Å². The molecule has 152 valence electrons. The lowest BCUT2D eigenvalue weighted by Gasteiger charge is -2.40. The Hall–Kier alpha value is -2.46. The highest BCUT2D eigenvalue weighted by atomic mass is 16.4. The van der Waals surface area contributed by atoms with E-state index in [1.165, 1.54) is 13.0 Å². The van der Waals surface area contributed by atoms with Crippen molar-refractivity contribution < 1.29 is 24.3 Å². The second-order valence-electron chi connectivity index (χ2n) is 6.80. The summed E-state index contributed by atoms with van der Waals surface area (Å²) < 4.78 is 0. The predicted molar refractivity (Wildman–Crippen MR) is 97.6 cm³/mol. The van der Waals surface area contributed by atoms with E-state index in [1.807, 2.05) is 0 Å². The Balaban J connectivity index is 2.78. The molecule has 1 fully saturated rings. The minimum Gasteiger partial charge on any atom is -0.480 e. The van der Waals surface area contributed by atoms with Crippen molar-refractivity contribution in [3.63, 3.8) is 0 Å². The summed E-state index contributed by atoms with van der Waals surface area (Å²) in [6, 6.07) is -2.74. The molecule has 3 amide bonds. The molecule has 0 radical (unpaired) electrons. The van der Waals surface area contributed by atoms with Gasteiger partial charge in [0.05, 0.1) is 0 Å². The number of carboxylic acids is 1. The lowest BCUT2D eigenvalue weighted by atomic mass is 10.0. The summed E-state index contributed by atoms with van der Waals surface area (Å²) in [5.74, 6) is 3.05. The van der Waals surface area contributed by atoms with Gasteiger partial charge >= 0.3 is 5.97 Å². The number of nitrogens with one attached hydrogen (secondary N) is 2. The molecule has 5 N–H and O–H groups in total. The number of hydrogen-bond acceptors (Lipinski definition) is 6. The molecule has 1 aliphatic heterocycles. The molecule has 1 heterocycles. The molecule has 1 rings (SSSR count). The van der Waals surface area contributed by atoms with Crippen LogP contribution in [-0.4, -0.2) is 63.6 Å². The van der Waals surface area contributed by atoms with Gasteiger partial charge in [-0.2, -0.15) is 0 Å². The molecule has 0 aromatic rings. The van der Waals surface area contributed by atoms with E-state index in [0.717, 1.165) is 10.1 Å². The largest absolute Gasteiger partial charge is 0.480 e. The number of carbonyl (C=O) groups is 4. The maximum Gasteiger partial charge on any atom is 0.324 e. The van der Waals surface area contributed by atoms with E-state index in [9.17, 15) is 24.3 Å². The summed E-state index contributed by atoms with van der Waals surface area (Å²) in [5, 5.41) is 16.4. The minimum absolute atomic E-state index is 0.195. The topological polar surface area (TPSA) is 145 Å². The summed E-state index contributed by atoms with van der Waals surface area (Å²) >= 11 is 0. The average Bonchev–Trinajstić information content (AvgIpc) is 2.58. The van der Waals surface area contributed by atoms with Crippen LogP contribution in [0.2, 0.25) is 0 Å². The third-order valence-electron chi connectivity index (χ3n) is 4.28. The smallest absolute Gasteiger partial charge is 0.324 e. The highest BCUT2D eigenvalue weighted by Gasteiger charge is 2.37. The van der Waals surface area contributed by atoms with Gasteiger partial charge in [0.15, 0.2) is 0 Å². The van der Waals surface area contributed by atoms with E-state index >= 15 is 0 Å². The first-order valence-corrected chi connectivity index (χ1v) is 8.91.